The van der Waals surface area contributed by atoms with Crippen molar-refractivity contribution in [1.82, 2.24) is 9.88 Å². The smallest absolute Gasteiger partial charge is 0.228 e. The van der Waals surface area contributed by atoms with Crippen LogP contribution in [0.5, 0.6) is 11.5 Å². The number of amides is 1. The molecule has 0 unspecified atom stereocenters. The molecule has 0 aliphatic heterocycles. The van der Waals surface area contributed by atoms with Gasteiger partial charge in [-0.05, 0) is 35.9 Å². The molecule has 5 nitrogen and oxygen atoms in total. The molecular weight excluding hydrogens is 396 g/mol. The molecule has 0 bridgehead atoms. The van der Waals surface area contributed by atoms with E-state index < -0.39 is 0 Å². The summed E-state index contributed by atoms with van der Waals surface area (Å²) in [6.07, 6.45) is 0.251. The number of aromatic nitrogens is 1. The number of hydrogen-bond acceptors (Lipinski definition) is 5. The fourth-order valence-corrected chi connectivity index (χ4v) is 3.81. The maximum Gasteiger partial charge on any atom is 0.228 e. The van der Waals surface area contributed by atoms with Crippen molar-refractivity contribution in [3.63, 3.8) is 0 Å². The van der Waals surface area contributed by atoms with Gasteiger partial charge in [0.15, 0.2) is 11.5 Å². The van der Waals surface area contributed by atoms with Crippen LogP contribution in [0.1, 0.15) is 11.3 Å². The monoisotopic (exact) mass is 416 g/mol. The van der Waals surface area contributed by atoms with E-state index in [2.05, 4.69) is 4.98 Å². The SMILES string of the molecule is COc1ccc(-c2nc(CC(=O)N(C)Cc3cccc(Cl)c3)cs2)cc1OC. The molecule has 1 aromatic heterocycles. The normalized spacial score (nSPS) is 10.6. The molecule has 1 heterocycles. The Bertz CT molecular complexity index is 974. The quantitative estimate of drug-likeness (QED) is 0.561. The van der Waals surface area contributed by atoms with Crippen molar-refractivity contribution in [3.8, 4) is 22.1 Å². The van der Waals surface area contributed by atoms with Crippen LogP contribution < -0.4 is 9.47 Å². The average molecular weight is 417 g/mol. The van der Waals surface area contributed by atoms with Gasteiger partial charge in [-0.25, -0.2) is 4.98 Å². The average Bonchev–Trinajstić information content (AvgIpc) is 3.15. The number of thiazole rings is 1. The predicted octanol–water partition coefficient (Wildman–Crippen LogP) is 4.68. The Kier molecular flexibility index (Phi) is 6.54. The first-order valence-corrected chi connectivity index (χ1v) is 9.91. The maximum absolute atomic E-state index is 12.6. The van der Waals surface area contributed by atoms with Gasteiger partial charge in [0, 0.05) is 29.6 Å². The number of methoxy groups -OCH3 is 2. The standard InChI is InChI=1S/C21H21ClN2O3S/c1-24(12-14-5-4-6-16(22)9-14)20(25)11-17-13-28-21(23-17)15-7-8-18(26-2)19(10-15)27-3/h4-10,13H,11-12H2,1-3H3. The van der Waals surface area contributed by atoms with Gasteiger partial charge in [-0.2, -0.15) is 0 Å². The van der Waals surface area contributed by atoms with Crippen LogP contribution in [0.3, 0.4) is 0 Å². The third-order valence-corrected chi connectivity index (χ3v) is 5.42. The first-order chi connectivity index (χ1) is 13.5. The number of likely N-dealkylation sites (N-methyl/N-ethyl adjacent to an activating group) is 1. The zero-order valence-electron chi connectivity index (χ0n) is 15.9. The van der Waals surface area contributed by atoms with Gasteiger partial charge in [-0.3, -0.25) is 4.79 Å². The van der Waals surface area contributed by atoms with Gasteiger partial charge in [-0.1, -0.05) is 23.7 Å². The van der Waals surface area contributed by atoms with Gasteiger partial charge in [0.05, 0.1) is 26.3 Å². The molecule has 3 aromatic rings. The summed E-state index contributed by atoms with van der Waals surface area (Å²) in [6.45, 7) is 0.506. The largest absolute Gasteiger partial charge is 0.493 e. The number of carbonyl (C=O) groups is 1. The molecule has 0 aliphatic carbocycles. The Balaban J connectivity index is 1.67. The van der Waals surface area contributed by atoms with E-state index >= 15 is 0 Å². The van der Waals surface area contributed by atoms with Crippen LogP contribution in [-0.4, -0.2) is 37.1 Å². The highest BCUT2D eigenvalue weighted by molar-refractivity contribution is 7.13. The van der Waals surface area contributed by atoms with Crippen LogP contribution in [-0.2, 0) is 17.8 Å². The first-order valence-electron chi connectivity index (χ1n) is 8.65. The van der Waals surface area contributed by atoms with Crippen molar-refractivity contribution < 1.29 is 14.3 Å². The van der Waals surface area contributed by atoms with Crippen LogP contribution >= 0.6 is 22.9 Å². The van der Waals surface area contributed by atoms with Crippen molar-refractivity contribution in [1.29, 1.82) is 0 Å². The highest BCUT2D eigenvalue weighted by Crippen LogP contribution is 2.33. The number of halogens is 1. The summed E-state index contributed by atoms with van der Waals surface area (Å²) in [5, 5.41) is 3.41. The number of benzene rings is 2. The van der Waals surface area contributed by atoms with Crippen molar-refractivity contribution in [2.75, 3.05) is 21.3 Å². The van der Waals surface area contributed by atoms with Crippen molar-refractivity contribution >= 4 is 28.8 Å². The first kappa shape index (κ1) is 20.2. The van der Waals surface area contributed by atoms with Crippen molar-refractivity contribution in [2.45, 2.75) is 13.0 Å². The Labute approximate surface area is 173 Å². The van der Waals surface area contributed by atoms with E-state index in [-0.39, 0.29) is 12.3 Å². The fraction of sp³-hybridized carbons (Fsp3) is 0.238. The molecule has 0 saturated heterocycles. The molecule has 0 spiro atoms. The van der Waals surface area contributed by atoms with Gasteiger partial charge < -0.3 is 14.4 Å². The number of hydrogen-bond donors (Lipinski definition) is 0. The molecular formula is C21H21ClN2O3S. The zero-order valence-corrected chi connectivity index (χ0v) is 17.5. The molecule has 146 valence electrons. The lowest BCUT2D eigenvalue weighted by molar-refractivity contribution is -0.129. The van der Waals surface area contributed by atoms with Crippen molar-refractivity contribution in [2.24, 2.45) is 0 Å². The minimum atomic E-state index is 0.00383. The van der Waals surface area contributed by atoms with E-state index in [0.29, 0.717) is 23.1 Å². The van der Waals surface area contributed by atoms with E-state index in [1.54, 1.807) is 26.2 Å². The van der Waals surface area contributed by atoms with Gasteiger partial charge in [0.25, 0.3) is 0 Å². The Morgan fingerprint density at radius 3 is 2.64 bits per heavy atom. The highest BCUT2D eigenvalue weighted by atomic mass is 35.5. The minimum absolute atomic E-state index is 0.00383. The maximum atomic E-state index is 12.6. The molecule has 0 fully saturated rings. The lowest BCUT2D eigenvalue weighted by atomic mass is 10.2. The van der Waals surface area contributed by atoms with Crippen molar-refractivity contribution in [3.05, 3.63) is 64.1 Å². The number of carbonyl (C=O) groups excluding carboxylic acids is 1. The van der Waals surface area contributed by atoms with Gasteiger partial charge >= 0.3 is 0 Å². The highest BCUT2D eigenvalue weighted by Gasteiger charge is 2.14. The summed E-state index contributed by atoms with van der Waals surface area (Å²) in [4.78, 5) is 18.8. The topological polar surface area (TPSA) is 51.7 Å². The molecule has 0 radical (unpaired) electrons. The fourth-order valence-electron chi connectivity index (χ4n) is 2.78. The third kappa shape index (κ3) is 4.82. The second-order valence-electron chi connectivity index (χ2n) is 6.27. The van der Waals surface area contributed by atoms with E-state index in [1.165, 1.54) is 11.3 Å². The number of ether oxygens (including phenoxy) is 2. The molecule has 0 aliphatic rings. The second-order valence-corrected chi connectivity index (χ2v) is 7.56. The van der Waals surface area contributed by atoms with Gasteiger partial charge in [0.2, 0.25) is 5.91 Å². The molecule has 1 amide bonds. The molecule has 3 rings (SSSR count). The van der Waals surface area contributed by atoms with Crippen LogP contribution in [0.25, 0.3) is 10.6 Å². The predicted molar refractivity (Wildman–Crippen MR) is 112 cm³/mol. The summed E-state index contributed by atoms with van der Waals surface area (Å²) in [7, 11) is 4.98. The molecule has 28 heavy (non-hydrogen) atoms. The summed E-state index contributed by atoms with van der Waals surface area (Å²) in [5.74, 6) is 1.32. The molecule has 0 saturated carbocycles. The number of rotatable bonds is 7. The zero-order chi connectivity index (χ0) is 20.1. The van der Waals surface area contributed by atoms with Crippen LogP contribution in [0.2, 0.25) is 5.02 Å². The van der Waals surface area contributed by atoms with Gasteiger partial charge in [0.1, 0.15) is 5.01 Å². The Morgan fingerprint density at radius 1 is 1.14 bits per heavy atom. The van der Waals surface area contributed by atoms with Crippen LogP contribution in [0.4, 0.5) is 0 Å². The molecule has 0 N–H and O–H groups in total. The Morgan fingerprint density at radius 2 is 1.93 bits per heavy atom. The molecule has 7 heteroatoms. The van der Waals surface area contributed by atoms with E-state index in [0.717, 1.165) is 21.8 Å². The van der Waals surface area contributed by atoms with E-state index in [4.69, 9.17) is 21.1 Å². The van der Waals surface area contributed by atoms with E-state index in [1.807, 2.05) is 47.8 Å². The molecule has 0 atom stereocenters. The minimum Gasteiger partial charge on any atom is -0.493 e. The van der Waals surface area contributed by atoms with Crippen LogP contribution in [0, 0.1) is 0 Å². The summed E-state index contributed by atoms with van der Waals surface area (Å²) in [6, 6.07) is 13.2. The summed E-state index contributed by atoms with van der Waals surface area (Å²) < 4.78 is 10.6. The third-order valence-electron chi connectivity index (χ3n) is 4.25. The Hall–Kier alpha value is -2.57. The number of nitrogens with zero attached hydrogens (tertiary/aromatic N) is 2. The van der Waals surface area contributed by atoms with Gasteiger partial charge in [-0.15, -0.1) is 11.3 Å². The molecule has 2 aromatic carbocycles. The lowest BCUT2D eigenvalue weighted by Crippen LogP contribution is -2.27. The van der Waals surface area contributed by atoms with E-state index in [9.17, 15) is 4.79 Å². The second kappa shape index (κ2) is 9.08. The van der Waals surface area contributed by atoms with Crippen LogP contribution in [0.15, 0.2) is 47.8 Å². The summed E-state index contributed by atoms with van der Waals surface area (Å²) >= 11 is 7.51. The lowest BCUT2D eigenvalue weighted by Gasteiger charge is -2.17. The summed E-state index contributed by atoms with van der Waals surface area (Å²) in [5.41, 5.74) is 2.67.